The first kappa shape index (κ1) is 11.0. The van der Waals surface area contributed by atoms with Crippen molar-refractivity contribution in [3.8, 4) is 11.6 Å². The lowest BCUT2D eigenvalue weighted by Gasteiger charge is -2.05. The highest BCUT2D eigenvalue weighted by molar-refractivity contribution is 5.33. The first-order valence-electron chi connectivity index (χ1n) is 6.19. The number of hydrogen-bond donors (Lipinski definition) is 1. The van der Waals surface area contributed by atoms with Crippen LogP contribution >= 0.6 is 0 Å². The van der Waals surface area contributed by atoms with Gasteiger partial charge in [0.2, 0.25) is 5.88 Å². The van der Waals surface area contributed by atoms with E-state index in [-0.39, 0.29) is 12.3 Å². The zero-order chi connectivity index (χ0) is 15.0. The van der Waals surface area contributed by atoms with Gasteiger partial charge >= 0.3 is 5.69 Å². The number of nitrogens with one attached hydrogen (secondary N) is 1. The number of aryl methyl sites for hydroxylation is 2. The number of rotatable bonds is 4. The highest BCUT2D eigenvalue weighted by Gasteiger charge is 2.16. The Balaban J connectivity index is 1.90. The molecule has 0 radical (unpaired) electrons. The lowest BCUT2D eigenvalue weighted by molar-refractivity contribution is 0.282. The lowest BCUT2D eigenvalue weighted by atomic mass is 10.4. The predicted molar refractivity (Wildman–Crippen MR) is 66.3 cm³/mol. The maximum atomic E-state index is 11.9. The summed E-state index contributed by atoms with van der Waals surface area (Å²) in [5.74, 6) is 0.309. The molecule has 0 aliphatic rings. The van der Waals surface area contributed by atoms with Gasteiger partial charge in [0.05, 0.1) is 6.20 Å². The molecule has 1 N–H and O–H groups in total. The molecule has 104 valence electrons. The van der Waals surface area contributed by atoms with Crippen LogP contribution < -0.4 is 10.4 Å². The smallest absolute Gasteiger partial charge is 0.368 e. The Morgan fingerprint density at radius 2 is 2.25 bits per heavy atom. The molecule has 10 heteroatoms. The van der Waals surface area contributed by atoms with Gasteiger partial charge in [0, 0.05) is 26.4 Å². The Labute approximate surface area is 114 Å². The topological polar surface area (TPSA) is 108 Å². The number of ether oxygens (including phenoxy) is 1. The SMILES string of the molecule is [3H]n1ccc(OCc2c(-n3nnn(C)c3=O)cnn2C)n1. The monoisotopic (exact) mass is 278 g/mol. The Morgan fingerprint density at radius 1 is 1.40 bits per heavy atom. The van der Waals surface area contributed by atoms with Crippen LogP contribution in [0.3, 0.4) is 0 Å². The van der Waals surface area contributed by atoms with Crippen LogP contribution in [0.25, 0.3) is 5.69 Å². The molecule has 0 aliphatic heterocycles. The third-order valence-corrected chi connectivity index (χ3v) is 2.79. The number of hydrogen-bond acceptors (Lipinski definition) is 6. The van der Waals surface area contributed by atoms with E-state index in [9.17, 15) is 4.79 Å². The van der Waals surface area contributed by atoms with Crippen molar-refractivity contribution in [3.05, 3.63) is 34.6 Å². The third kappa shape index (κ3) is 1.96. The molecule has 0 aliphatic carbocycles. The first-order chi connectivity index (χ1) is 10.1. The summed E-state index contributed by atoms with van der Waals surface area (Å²) < 4.78 is 16.6. The van der Waals surface area contributed by atoms with E-state index in [0.717, 1.165) is 14.5 Å². The second-order valence-electron chi connectivity index (χ2n) is 4.06. The van der Waals surface area contributed by atoms with Crippen LogP contribution in [0.15, 0.2) is 23.3 Å². The van der Waals surface area contributed by atoms with Gasteiger partial charge in [-0.3, -0.25) is 9.77 Å². The van der Waals surface area contributed by atoms with E-state index in [4.69, 9.17) is 6.15 Å². The minimum atomic E-state index is -0.375. The normalized spacial score (nSPS) is 11.6. The van der Waals surface area contributed by atoms with Crippen LogP contribution in [-0.2, 0) is 20.7 Å². The molecule has 3 rings (SSSR count). The highest BCUT2D eigenvalue weighted by atomic mass is 16.5. The number of nitrogens with zero attached hydrogens (tertiary/aromatic N) is 7. The number of aromatic amines is 1. The van der Waals surface area contributed by atoms with E-state index in [1.807, 2.05) is 0 Å². The molecule has 0 bridgehead atoms. The molecule has 0 saturated carbocycles. The molecule has 3 aromatic heterocycles. The van der Waals surface area contributed by atoms with Gasteiger partial charge in [0.1, 0.15) is 18.0 Å². The minimum absolute atomic E-state index is 0.131. The predicted octanol–water partition coefficient (Wildman–Crippen LogP) is -0.998. The van der Waals surface area contributed by atoms with Gasteiger partial charge < -0.3 is 4.74 Å². The summed E-state index contributed by atoms with van der Waals surface area (Å²) in [5, 5.41) is 16.2. The van der Waals surface area contributed by atoms with Gasteiger partial charge in [0.15, 0.2) is 1.41 Å². The zero-order valence-electron chi connectivity index (χ0n) is 11.8. The van der Waals surface area contributed by atoms with Crippen LogP contribution in [0, 0.1) is 0 Å². The van der Waals surface area contributed by atoms with E-state index in [1.165, 1.54) is 19.4 Å². The summed E-state index contributed by atoms with van der Waals surface area (Å²) in [6.45, 7) is 0.131. The van der Waals surface area contributed by atoms with Gasteiger partial charge in [-0.2, -0.15) is 14.5 Å². The van der Waals surface area contributed by atoms with Gasteiger partial charge in [-0.1, -0.05) is 0 Å². The van der Waals surface area contributed by atoms with Crippen LogP contribution in [0.5, 0.6) is 5.88 Å². The molecular weight excluding hydrogens is 264 g/mol. The average Bonchev–Trinajstić information content (AvgIpc) is 3.11. The van der Waals surface area contributed by atoms with Gasteiger partial charge in [-0.15, -0.1) is 5.10 Å². The Bertz CT molecular complexity index is 828. The van der Waals surface area contributed by atoms with Crippen molar-refractivity contribution in [2.45, 2.75) is 6.61 Å². The molecule has 0 fully saturated rings. The molecule has 0 saturated heterocycles. The summed E-state index contributed by atoms with van der Waals surface area (Å²) in [6, 6.07) is 1.57. The fraction of sp³-hybridized carbons (Fsp3) is 0.300. The van der Waals surface area contributed by atoms with E-state index in [2.05, 4.69) is 20.6 Å². The average molecular weight is 278 g/mol. The fourth-order valence-electron chi connectivity index (χ4n) is 1.70. The second kappa shape index (κ2) is 4.64. The largest absolute Gasteiger partial charge is 0.470 e. The van der Waals surface area contributed by atoms with Gasteiger partial charge in [-0.25, -0.2) is 4.79 Å². The zero-order valence-corrected chi connectivity index (χ0v) is 10.8. The molecule has 3 aromatic rings. The quantitative estimate of drug-likeness (QED) is 0.656. The number of tetrazole rings is 1. The summed E-state index contributed by atoms with van der Waals surface area (Å²) in [7, 11) is 3.24. The molecule has 20 heavy (non-hydrogen) atoms. The lowest BCUT2D eigenvalue weighted by Crippen LogP contribution is -2.23. The van der Waals surface area contributed by atoms with Crippen LogP contribution in [0.4, 0.5) is 0 Å². The van der Waals surface area contributed by atoms with Crippen molar-refractivity contribution in [2.24, 2.45) is 14.1 Å². The molecule has 0 unspecified atom stereocenters. The van der Waals surface area contributed by atoms with Crippen molar-refractivity contribution in [1.82, 2.24) is 39.8 Å². The maximum Gasteiger partial charge on any atom is 0.368 e. The molecular formula is C10H12N8O2. The summed E-state index contributed by atoms with van der Waals surface area (Å²) in [6.07, 6.45) is 2.96. The van der Waals surface area contributed by atoms with Crippen molar-refractivity contribution in [2.75, 3.05) is 0 Å². The Morgan fingerprint density at radius 3 is 2.90 bits per heavy atom. The standard InChI is InChI=1S/C10H12N8O2/c1-16-8(6-20-9-3-4-11-13-9)7(5-12-16)18-10(19)17(2)14-15-18/h3-5H,6H2,1-2H3,(H,11,13)/i/hT. The van der Waals surface area contributed by atoms with Crippen molar-refractivity contribution < 1.29 is 6.15 Å². The van der Waals surface area contributed by atoms with Crippen LogP contribution in [-0.4, -0.2) is 39.8 Å². The second-order valence-corrected chi connectivity index (χ2v) is 4.06. The van der Waals surface area contributed by atoms with Crippen molar-refractivity contribution >= 4 is 0 Å². The van der Waals surface area contributed by atoms with Crippen LogP contribution in [0.2, 0.25) is 1.41 Å². The third-order valence-electron chi connectivity index (χ3n) is 2.79. The van der Waals surface area contributed by atoms with Gasteiger partial charge in [0.25, 0.3) is 0 Å². The first-order valence-corrected chi connectivity index (χ1v) is 5.74. The van der Waals surface area contributed by atoms with Crippen LogP contribution in [0.1, 0.15) is 5.69 Å². The van der Waals surface area contributed by atoms with Crippen molar-refractivity contribution in [1.29, 1.82) is 0 Å². The maximum absolute atomic E-state index is 11.9. The van der Waals surface area contributed by atoms with E-state index >= 15 is 0 Å². The highest BCUT2D eigenvalue weighted by Crippen LogP contribution is 2.13. The Hall–Kier alpha value is -2.91. The molecule has 0 spiro atoms. The summed E-state index contributed by atoms with van der Waals surface area (Å²) in [4.78, 5) is 11.9. The van der Waals surface area contributed by atoms with E-state index in [0.29, 0.717) is 17.3 Å². The summed E-state index contributed by atoms with van der Waals surface area (Å²) >= 11 is 0. The fourth-order valence-corrected chi connectivity index (χ4v) is 1.70. The van der Waals surface area contributed by atoms with E-state index < -0.39 is 0 Å². The number of aromatic nitrogens is 8. The van der Waals surface area contributed by atoms with Crippen molar-refractivity contribution in [3.63, 3.8) is 0 Å². The number of H-pyrrole nitrogens is 1. The van der Waals surface area contributed by atoms with Gasteiger partial charge in [-0.05, 0) is 10.4 Å². The molecule has 10 nitrogen and oxygen atoms in total. The molecule has 3 heterocycles. The summed E-state index contributed by atoms with van der Waals surface area (Å²) in [5.41, 5.74) is 0.748. The molecule has 0 aromatic carbocycles. The van der Waals surface area contributed by atoms with E-state index in [1.54, 1.807) is 17.8 Å². The Kier molecular flexibility index (Phi) is 2.55. The molecule has 0 atom stereocenters. The molecule has 0 amide bonds. The minimum Gasteiger partial charge on any atom is -0.470 e.